The molecule has 0 aliphatic heterocycles. The topological polar surface area (TPSA) is 41.5 Å². The molecule has 3 nitrogen and oxygen atoms in total. The molecule has 3 atom stereocenters. The molecule has 2 N–H and O–H groups in total. The minimum atomic E-state index is -0.521. The fraction of sp³-hybridized carbons (Fsp3) is 0.600. The molecule has 0 saturated heterocycles. The average Bonchev–Trinajstić information content (AvgIpc) is 3.17. The maximum atomic E-state index is 9.88. The summed E-state index contributed by atoms with van der Waals surface area (Å²) >= 11 is 11.7. The number of rotatable bonds is 8. The zero-order valence-corrected chi connectivity index (χ0v) is 13.1. The van der Waals surface area contributed by atoms with Gasteiger partial charge in [0.1, 0.15) is 18.5 Å². The summed E-state index contributed by atoms with van der Waals surface area (Å²) in [6.45, 7) is 3.01. The van der Waals surface area contributed by atoms with Crippen LogP contribution in [0.1, 0.15) is 26.2 Å². The number of aliphatic hydroxyl groups excluding tert-OH is 1. The molecule has 0 aromatic heterocycles. The van der Waals surface area contributed by atoms with Crippen molar-refractivity contribution in [3.63, 3.8) is 0 Å². The van der Waals surface area contributed by atoms with Crippen molar-refractivity contribution in [2.75, 3.05) is 13.2 Å². The third kappa shape index (κ3) is 4.81. The van der Waals surface area contributed by atoms with Gasteiger partial charge in [-0.1, -0.05) is 36.5 Å². The number of nitrogens with one attached hydrogen (secondary N) is 1. The van der Waals surface area contributed by atoms with Crippen LogP contribution in [0.2, 0.25) is 10.0 Å². The summed E-state index contributed by atoms with van der Waals surface area (Å²) in [5.41, 5.74) is 0. The van der Waals surface area contributed by atoms with E-state index < -0.39 is 6.10 Å². The first-order valence-corrected chi connectivity index (χ1v) is 7.85. The fourth-order valence-corrected chi connectivity index (χ4v) is 2.58. The second kappa shape index (κ2) is 7.51. The minimum Gasteiger partial charge on any atom is -0.491 e. The van der Waals surface area contributed by atoms with E-state index in [4.69, 9.17) is 27.9 Å². The monoisotopic (exact) mass is 317 g/mol. The van der Waals surface area contributed by atoms with Crippen LogP contribution >= 0.6 is 23.2 Å². The first-order chi connectivity index (χ1) is 9.60. The number of hydrogen-bond acceptors (Lipinski definition) is 3. The van der Waals surface area contributed by atoms with E-state index in [-0.39, 0.29) is 6.61 Å². The van der Waals surface area contributed by atoms with Gasteiger partial charge >= 0.3 is 0 Å². The van der Waals surface area contributed by atoms with Crippen LogP contribution in [-0.4, -0.2) is 30.4 Å². The Morgan fingerprint density at radius 1 is 1.40 bits per heavy atom. The van der Waals surface area contributed by atoms with Crippen LogP contribution in [0.3, 0.4) is 0 Å². The zero-order valence-electron chi connectivity index (χ0n) is 11.6. The third-order valence-electron chi connectivity index (χ3n) is 3.53. The number of aliphatic hydroxyl groups is 1. The van der Waals surface area contributed by atoms with Crippen LogP contribution in [0, 0.1) is 5.92 Å². The van der Waals surface area contributed by atoms with Crippen LogP contribution in [0.15, 0.2) is 18.2 Å². The molecule has 0 heterocycles. The highest BCUT2D eigenvalue weighted by molar-refractivity contribution is 6.42. The molecule has 2 rings (SSSR count). The third-order valence-corrected chi connectivity index (χ3v) is 4.27. The highest BCUT2D eigenvalue weighted by Gasteiger charge is 2.35. The summed E-state index contributed by atoms with van der Waals surface area (Å²) in [6.07, 6.45) is 3.21. The summed E-state index contributed by atoms with van der Waals surface area (Å²) in [7, 11) is 0. The quantitative estimate of drug-likeness (QED) is 0.771. The Morgan fingerprint density at radius 2 is 2.20 bits per heavy atom. The Kier molecular flexibility index (Phi) is 5.97. The first kappa shape index (κ1) is 15.9. The summed E-state index contributed by atoms with van der Waals surface area (Å²) < 4.78 is 5.50. The molecule has 1 fully saturated rings. The lowest BCUT2D eigenvalue weighted by molar-refractivity contribution is 0.106. The van der Waals surface area contributed by atoms with Gasteiger partial charge in [0.25, 0.3) is 0 Å². The highest BCUT2D eigenvalue weighted by Crippen LogP contribution is 2.34. The van der Waals surface area contributed by atoms with Gasteiger partial charge in [-0.05, 0) is 30.9 Å². The first-order valence-electron chi connectivity index (χ1n) is 7.09. The molecule has 1 saturated carbocycles. The molecule has 5 heteroatoms. The van der Waals surface area contributed by atoms with Gasteiger partial charge in [0.2, 0.25) is 0 Å². The average molecular weight is 318 g/mol. The molecule has 1 aliphatic carbocycles. The molecule has 112 valence electrons. The lowest BCUT2D eigenvalue weighted by atomic mass is 10.2. The summed E-state index contributed by atoms with van der Waals surface area (Å²) in [5.74, 6) is 1.41. The Hall–Kier alpha value is -0.480. The van der Waals surface area contributed by atoms with Crippen molar-refractivity contribution in [3.8, 4) is 5.75 Å². The van der Waals surface area contributed by atoms with Gasteiger partial charge in [0.15, 0.2) is 0 Å². The van der Waals surface area contributed by atoms with Gasteiger partial charge in [0.05, 0.1) is 10.0 Å². The van der Waals surface area contributed by atoms with Crippen LogP contribution in [-0.2, 0) is 0 Å². The predicted molar refractivity (Wildman–Crippen MR) is 82.8 cm³/mol. The van der Waals surface area contributed by atoms with E-state index in [2.05, 4.69) is 12.2 Å². The highest BCUT2D eigenvalue weighted by atomic mass is 35.5. The Morgan fingerprint density at radius 3 is 2.90 bits per heavy atom. The normalized spacial score (nSPS) is 22.6. The maximum absolute atomic E-state index is 9.88. The van der Waals surface area contributed by atoms with Crippen LogP contribution in [0.25, 0.3) is 0 Å². The molecule has 0 amide bonds. The number of benzene rings is 1. The second-order valence-electron chi connectivity index (χ2n) is 5.34. The Bertz CT molecular complexity index is 442. The molecule has 1 aromatic carbocycles. The Labute approximate surface area is 130 Å². The smallest absolute Gasteiger partial charge is 0.121 e. The predicted octanol–water partition coefficient (Wildman–Crippen LogP) is 3.51. The summed E-state index contributed by atoms with van der Waals surface area (Å²) in [5, 5.41) is 14.2. The molecule has 0 spiro atoms. The molecule has 1 aliphatic rings. The zero-order chi connectivity index (χ0) is 14.5. The second-order valence-corrected chi connectivity index (χ2v) is 6.15. The number of ether oxygens (including phenoxy) is 1. The largest absolute Gasteiger partial charge is 0.491 e. The van der Waals surface area contributed by atoms with Gasteiger partial charge in [0, 0.05) is 18.7 Å². The van der Waals surface area contributed by atoms with Gasteiger partial charge in [-0.15, -0.1) is 0 Å². The van der Waals surface area contributed by atoms with E-state index in [0.29, 0.717) is 28.4 Å². The van der Waals surface area contributed by atoms with Crippen molar-refractivity contribution in [2.24, 2.45) is 5.92 Å². The van der Waals surface area contributed by atoms with E-state index in [9.17, 15) is 5.11 Å². The fourth-order valence-electron chi connectivity index (χ4n) is 2.29. The van der Waals surface area contributed by atoms with Crippen LogP contribution < -0.4 is 10.1 Å². The summed E-state index contributed by atoms with van der Waals surface area (Å²) in [4.78, 5) is 0. The van der Waals surface area contributed by atoms with Crippen molar-refractivity contribution < 1.29 is 9.84 Å². The van der Waals surface area contributed by atoms with Gasteiger partial charge in [-0.25, -0.2) is 0 Å². The van der Waals surface area contributed by atoms with Gasteiger partial charge in [-0.3, -0.25) is 0 Å². The minimum absolute atomic E-state index is 0.246. The van der Waals surface area contributed by atoms with Crippen molar-refractivity contribution in [1.82, 2.24) is 5.32 Å². The maximum Gasteiger partial charge on any atom is 0.121 e. The molecule has 3 unspecified atom stereocenters. The van der Waals surface area contributed by atoms with Crippen molar-refractivity contribution in [1.29, 1.82) is 0 Å². The van der Waals surface area contributed by atoms with E-state index in [0.717, 1.165) is 5.92 Å². The van der Waals surface area contributed by atoms with E-state index >= 15 is 0 Å². The van der Waals surface area contributed by atoms with Crippen molar-refractivity contribution in [3.05, 3.63) is 28.2 Å². The van der Waals surface area contributed by atoms with Crippen LogP contribution in [0.4, 0.5) is 0 Å². The van der Waals surface area contributed by atoms with Crippen LogP contribution in [0.5, 0.6) is 5.75 Å². The van der Waals surface area contributed by atoms with Gasteiger partial charge < -0.3 is 15.2 Å². The van der Waals surface area contributed by atoms with Crippen molar-refractivity contribution in [2.45, 2.75) is 38.3 Å². The summed E-state index contributed by atoms with van der Waals surface area (Å²) in [6, 6.07) is 5.66. The molecular weight excluding hydrogens is 297 g/mol. The molecular formula is C15H21Cl2NO2. The van der Waals surface area contributed by atoms with Crippen molar-refractivity contribution >= 4 is 23.2 Å². The number of halogens is 2. The number of hydrogen-bond donors (Lipinski definition) is 2. The Balaban J connectivity index is 1.65. The molecule has 1 aromatic rings. The molecule has 20 heavy (non-hydrogen) atoms. The van der Waals surface area contributed by atoms with E-state index in [1.807, 2.05) is 0 Å². The lowest BCUT2D eigenvalue weighted by Crippen LogP contribution is -2.33. The molecule has 0 bridgehead atoms. The molecule has 0 radical (unpaired) electrons. The van der Waals surface area contributed by atoms with E-state index in [1.54, 1.807) is 18.2 Å². The lowest BCUT2D eigenvalue weighted by Gasteiger charge is -2.13. The van der Waals surface area contributed by atoms with Gasteiger partial charge in [-0.2, -0.15) is 0 Å². The standard InChI is InChI=1S/C15H21Cl2NO2/c1-2-3-10-6-15(10)18-8-11(19)9-20-12-4-5-13(16)14(17)7-12/h4-5,7,10-11,15,18-19H,2-3,6,8-9H2,1H3. The SMILES string of the molecule is CCCC1CC1NCC(O)COc1ccc(Cl)c(Cl)c1. The van der Waals surface area contributed by atoms with E-state index in [1.165, 1.54) is 19.3 Å².